The summed E-state index contributed by atoms with van der Waals surface area (Å²) in [5.74, 6) is 0. The van der Waals surface area contributed by atoms with E-state index in [1.807, 2.05) is 0 Å². The van der Waals surface area contributed by atoms with Crippen molar-refractivity contribution in [2.75, 3.05) is 6.26 Å². The molecule has 18 heavy (non-hydrogen) atoms. The van der Waals surface area contributed by atoms with Crippen molar-refractivity contribution in [3.05, 3.63) is 39.9 Å². The van der Waals surface area contributed by atoms with Crippen LogP contribution in [0.25, 0.3) is 0 Å². The predicted molar refractivity (Wildman–Crippen MR) is 75.5 cm³/mol. The van der Waals surface area contributed by atoms with Crippen molar-refractivity contribution in [1.29, 1.82) is 0 Å². The van der Waals surface area contributed by atoms with E-state index in [4.69, 9.17) is 11.6 Å². The number of non-ortho nitro benzene ring substituents is 1. The van der Waals surface area contributed by atoms with Gasteiger partial charge in [-0.05, 0) is 28.2 Å². The molecule has 0 radical (unpaired) electrons. The molecule has 6 nitrogen and oxygen atoms in total. The summed E-state index contributed by atoms with van der Waals surface area (Å²) in [7, 11) is -3.75. The summed E-state index contributed by atoms with van der Waals surface area (Å²) in [4.78, 5) is 9.95. The lowest BCUT2D eigenvalue weighted by Gasteiger charge is -2.24. The average Bonchev–Trinajstić information content (AvgIpc) is 2.26. The molecule has 100 valence electrons. The summed E-state index contributed by atoms with van der Waals surface area (Å²) in [6, 6.07) is 5.05. The molecule has 0 aliphatic rings. The third-order valence-corrected chi connectivity index (χ3v) is 7.46. The SMILES string of the molecule is CS(=O)(=O)[C@](Cl)(I)[C@H](O)c1cccc([N+](=O)[O-])c1. The second-order valence-corrected chi connectivity index (χ2v) is 9.67. The Hall–Kier alpha value is -0.450. The lowest BCUT2D eigenvalue weighted by Crippen LogP contribution is -2.32. The molecule has 0 aliphatic carbocycles. The van der Waals surface area contributed by atoms with Crippen LogP contribution in [0.5, 0.6) is 0 Å². The van der Waals surface area contributed by atoms with Crippen LogP contribution >= 0.6 is 34.2 Å². The Morgan fingerprint density at radius 2 is 2.11 bits per heavy atom. The van der Waals surface area contributed by atoms with Gasteiger partial charge in [-0.2, -0.15) is 0 Å². The minimum atomic E-state index is -3.75. The van der Waals surface area contributed by atoms with Crippen LogP contribution in [0, 0.1) is 10.1 Å². The molecule has 0 fully saturated rings. The van der Waals surface area contributed by atoms with Crippen LogP contribution in [0.4, 0.5) is 5.69 Å². The average molecular weight is 406 g/mol. The number of aliphatic hydroxyl groups is 1. The van der Waals surface area contributed by atoms with Crippen LogP contribution in [0.15, 0.2) is 24.3 Å². The first-order chi connectivity index (χ1) is 8.07. The van der Waals surface area contributed by atoms with Crippen LogP contribution in [0.2, 0.25) is 0 Å². The Bertz CT molecular complexity index is 574. The highest BCUT2D eigenvalue weighted by Gasteiger charge is 2.44. The second kappa shape index (κ2) is 5.27. The number of nitro groups is 1. The number of sulfone groups is 1. The standard InChI is InChI=1S/C9H9ClINO5S/c1-18(16,17)9(10,11)8(13)6-3-2-4-7(5-6)12(14)15/h2-5,8,13H,1H3/t8-,9-/m1/s1. The van der Waals surface area contributed by atoms with Crippen molar-refractivity contribution in [3.63, 3.8) is 0 Å². The number of halogens is 2. The molecule has 2 atom stereocenters. The highest BCUT2D eigenvalue weighted by atomic mass is 127. The third kappa shape index (κ3) is 3.11. The number of hydrogen-bond acceptors (Lipinski definition) is 5. The Balaban J connectivity index is 3.23. The number of rotatable bonds is 4. The molecular weight excluding hydrogens is 397 g/mol. The summed E-state index contributed by atoms with van der Waals surface area (Å²) >= 11 is 7.21. The van der Waals surface area contributed by atoms with Gasteiger partial charge in [-0.25, -0.2) is 8.42 Å². The molecule has 0 saturated heterocycles. The van der Waals surface area contributed by atoms with Crippen molar-refractivity contribution in [2.24, 2.45) is 0 Å². The van der Waals surface area contributed by atoms with Crippen LogP contribution < -0.4 is 0 Å². The van der Waals surface area contributed by atoms with Gasteiger partial charge in [-0.15, -0.1) is 0 Å². The van der Waals surface area contributed by atoms with E-state index in [-0.39, 0.29) is 11.3 Å². The molecule has 0 spiro atoms. The van der Waals surface area contributed by atoms with Crippen LogP contribution in [-0.2, 0) is 9.84 Å². The number of nitrogens with zero attached hydrogens (tertiary/aromatic N) is 1. The first-order valence-electron chi connectivity index (χ1n) is 4.57. The van der Waals surface area contributed by atoms with Gasteiger partial charge in [-0.1, -0.05) is 23.7 Å². The topological polar surface area (TPSA) is 97.5 Å². The van der Waals surface area contributed by atoms with Crippen LogP contribution in [-0.4, -0.2) is 26.9 Å². The van der Waals surface area contributed by atoms with E-state index in [0.29, 0.717) is 0 Å². The minimum Gasteiger partial charge on any atom is -0.385 e. The van der Waals surface area contributed by atoms with E-state index in [9.17, 15) is 23.6 Å². The zero-order valence-corrected chi connectivity index (χ0v) is 12.8. The molecule has 0 bridgehead atoms. The second-order valence-electron chi connectivity index (χ2n) is 3.59. The van der Waals surface area contributed by atoms with Gasteiger partial charge < -0.3 is 5.11 Å². The van der Waals surface area contributed by atoms with Gasteiger partial charge in [0.25, 0.3) is 5.69 Å². The summed E-state index contributed by atoms with van der Waals surface area (Å²) < 4.78 is 20.9. The number of nitro benzene ring substituents is 1. The minimum absolute atomic E-state index is 0.0685. The summed E-state index contributed by atoms with van der Waals surface area (Å²) in [5, 5.41) is 20.5. The summed E-state index contributed by atoms with van der Waals surface area (Å²) in [6.07, 6.45) is -0.692. The highest BCUT2D eigenvalue weighted by molar-refractivity contribution is 14.1. The van der Waals surface area contributed by atoms with Gasteiger partial charge in [0.2, 0.25) is 2.21 Å². The number of alkyl halides is 2. The predicted octanol–water partition coefficient (Wildman–Crippen LogP) is 2.00. The van der Waals surface area contributed by atoms with Crippen molar-refractivity contribution >= 4 is 49.7 Å². The number of benzene rings is 1. The van der Waals surface area contributed by atoms with Gasteiger partial charge in [0.15, 0.2) is 9.84 Å². The fraction of sp³-hybridized carbons (Fsp3) is 0.333. The molecule has 0 unspecified atom stereocenters. The molecule has 1 N–H and O–H groups in total. The quantitative estimate of drug-likeness (QED) is 0.358. The Morgan fingerprint density at radius 1 is 1.56 bits per heavy atom. The maximum Gasteiger partial charge on any atom is 0.269 e. The lowest BCUT2D eigenvalue weighted by molar-refractivity contribution is -0.385. The Kier molecular flexibility index (Phi) is 4.57. The van der Waals surface area contributed by atoms with Gasteiger partial charge in [0.1, 0.15) is 6.10 Å². The van der Waals surface area contributed by atoms with Crippen molar-refractivity contribution < 1.29 is 18.4 Å². The van der Waals surface area contributed by atoms with E-state index in [1.165, 1.54) is 40.8 Å². The smallest absolute Gasteiger partial charge is 0.269 e. The zero-order chi connectivity index (χ0) is 14.1. The van der Waals surface area contributed by atoms with Gasteiger partial charge in [-0.3, -0.25) is 10.1 Å². The van der Waals surface area contributed by atoms with Gasteiger partial charge >= 0.3 is 0 Å². The fourth-order valence-corrected chi connectivity index (χ4v) is 2.23. The summed E-state index contributed by atoms with van der Waals surface area (Å²) in [5.41, 5.74) is -0.178. The zero-order valence-electron chi connectivity index (χ0n) is 9.08. The van der Waals surface area contributed by atoms with Crippen LogP contribution in [0.1, 0.15) is 11.7 Å². The number of hydrogen-bond donors (Lipinski definition) is 1. The molecular formula is C9H9ClINO5S. The molecule has 1 aromatic rings. The highest BCUT2D eigenvalue weighted by Crippen LogP contribution is 2.43. The molecule has 1 aromatic carbocycles. The van der Waals surface area contributed by atoms with E-state index >= 15 is 0 Å². The molecule has 0 saturated carbocycles. The molecule has 9 heteroatoms. The first kappa shape index (κ1) is 15.6. The first-order valence-corrected chi connectivity index (χ1v) is 7.92. The van der Waals surface area contributed by atoms with Crippen LogP contribution in [0.3, 0.4) is 0 Å². The van der Waals surface area contributed by atoms with Gasteiger partial charge in [0, 0.05) is 18.4 Å². The lowest BCUT2D eigenvalue weighted by atomic mass is 10.1. The van der Waals surface area contributed by atoms with E-state index in [1.54, 1.807) is 0 Å². The molecule has 1 rings (SSSR count). The maximum atomic E-state index is 11.5. The fourth-order valence-electron chi connectivity index (χ4n) is 1.21. The number of aliphatic hydroxyl groups excluding tert-OH is 1. The Labute approximate surface area is 122 Å². The molecule has 0 heterocycles. The van der Waals surface area contributed by atoms with Gasteiger partial charge in [0.05, 0.1) is 4.92 Å². The van der Waals surface area contributed by atoms with Crippen molar-refractivity contribution in [2.45, 2.75) is 8.32 Å². The maximum absolute atomic E-state index is 11.5. The normalized spacial score (nSPS) is 16.9. The molecule has 0 aromatic heterocycles. The van der Waals surface area contributed by atoms with E-state index in [2.05, 4.69) is 0 Å². The van der Waals surface area contributed by atoms with E-state index < -0.39 is 23.1 Å². The largest absolute Gasteiger partial charge is 0.385 e. The van der Waals surface area contributed by atoms with Crippen molar-refractivity contribution in [1.82, 2.24) is 0 Å². The third-order valence-electron chi connectivity index (χ3n) is 2.21. The molecule has 0 aliphatic heterocycles. The van der Waals surface area contributed by atoms with E-state index in [0.717, 1.165) is 12.3 Å². The Morgan fingerprint density at radius 3 is 2.56 bits per heavy atom. The summed E-state index contributed by atoms with van der Waals surface area (Å²) in [6.45, 7) is 0. The molecule has 0 amide bonds. The van der Waals surface area contributed by atoms with Crippen molar-refractivity contribution in [3.8, 4) is 0 Å². The monoisotopic (exact) mass is 405 g/mol.